The minimum absolute atomic E-state index is 0.915. The van der Waals surface area contributed by atoms with E-state index in [9.17, 15) is 0 Å². The van der Waals surface area contributed by atoms with E-state index in [1.165, 1.54) is 0 Å². The molecule has 148 valence electrons. The zero-order valence-corrected chi connectivity index (χ0v) is 17.0. The van der Waals surface area contributed by atoms with Gasteiger partial charge in [0.05, 0.1) is 33.9 Å². The standard InChI is InChI=1S/C26H19N5/c1-31-13-3-2-4-25(31)26-23-11-9-21(29-23)15-19-7-5-17(27-19)14-18-6-8-20(28-18)16-22-10-12-24(26)30-22/h2-16H,1H3,(H,27,28,29,30)/p+1. The van der Waals surface area contributed by atoms with Gasteiger partial charge in [-0.15, -0.1) is 0 Å². The van der Waals surface area contributed by atoms with Crippen molar-refractivity contribution in [3.63, 3.8) is 0 Å². The number of aromatic amines is 2. The van der Waals surface area contributed by atoms with E-state index in [1.54, 1.807) is 0 Å². The molecule has 0 fully saturated rings. The number of nitrogens with one attached hydrogen (secondary N) is 2. The number of hydrogen-bond acceptors (Lipinski definition) is 2. The van der Waals surface area contributed by atoms with Crippen molar-refractivity contribution in [3.8, 4) is 11.3 Å². The lowest BCUT2D eigenvalue weighted by Crippen LogP contribution is -2.30. The molecule has 0 unspecified atom stereocenters. The molecule has 2 N–H and O–H groups in total. The van der Waals surface area contributed by atoms with Gasteiger partial charge in [-0.3, -0.25) is 0 Å². The molecule has 0 saturated heterocycles. The lowest BCUT2D eigenvalue weighted by atomic mass is 10.1. The van der Waals surface area contributed by atoms with E-state index in [4.69, 9.17) is 9.97 Å². The third kappa shape index (κ3) is 3.26. The van der Waals surface area contributed by atoms with Gasteiger partial charge >= 0.3 is 0 Å². The summed E-state index contributed by atoms with van der Waals surface area (Å²) in [5.74, 6) is 0. The van der Waals surface area contributed by atoms with Crippen LogP contribution in [0.2, 0.25) is 0 Å². The summed E-state index contributed by atoms with van der Waals surface area (Å²) in [6.07, 6.45) is 10.3. The van der Waals surface area contributed by atoms with Crippen molar-refractivity contribution in [1.82, 2.24) is 19.9 Å². The largest absolute Gasteiger partial charge is 0.355 e. The molecule has 4 aromatic heterocycles. The van der Waals surface area contributed by atoms with Crippen molar-refractivity contribution in [2.45, 2.75) is 0 Å². The number of fused-ring (bicyclic) bond motifs is 8. The lowest BCUT2D eigenvalue weighted by Gasteiger charge is -2.01. The Labute approximate surface area is 179 Å². The molecule has 8 bridgehead atoms. The van der Waals surface area contributed by atoms with Crippen molar-refractivity contribution in [3.05, 3.63) is 89.6 Å². The molecule has 2 aliphatic heterocycles. The topological polar surface area (TPSA) is 61.2 Å². The van der Waals surface area contributed by atoms with Crippen LogP contribution >= 0.6 is 0 Å². The van der Waals surface area contributed by atoms with Crippen LogP contribution in [-0.2, 0) is 7.05 Å². The van der Waals surface area contributed by atoms with Gasteiger partial charge in [-0.25, -0.2) is 14.5 Å². The minimum Gasteiger partial charge on any atom is -0.355 e. The Kier molecular flexibility index (Phi) is 3.93. The number of pyridine rings is 1. The fourth-order valence-electron chi connectivity index (χ4n) is 4.06. The number of nitrogens with zero attached hydrogens (tertiary/aromatic N) is 3. The Morgan fingerprint density at radius 3 is 2.06 bits per heavy atom. The number of aromatic nitrogens is 5. The summed E-state index contributed by atoms with van der Waals surface area (Å²) in [4.78, 5) is 16.6. The maximum absolute atomic E-state index is 4.94. The molecular formula is C26H20N5+. The Balaban J connectivity index is 1.74. The van der Waals surface area contributed by atoms with E-state index in [2.05, 4.69) is 88.5 Å². The Bertz CT molecular complexity index is 1550. The summed E-state index contributed by atoms with van der Waals surface area (Å²) in [6.45, 7) is 0. The first-order valence-electron chi connectivity index (χ1n) is 10.2. The SMILES string of the molecule is C[n+]1ccccc1-c1c2nc(cc3ccc(cc4nc(cc5ccc1[nH]5)C=C4)[nH]3)C=C2. The predicted octanol–water partition coefficient (Wildman–Crippen LogP) is 5.15. The van der Waals surface area contributed by atoms with Gasteiger partial charge in [0.1, 0.15) is 7.05 Å². The first kappa shape index (κ1) is 17.6. The molecule has 31 heavy (non-hydrogen) atoms. The highest BCUT2D eigenvalue weighted by Crippen LogP contribution is 2.27. The molecule has 0 atom stereocenters. The summed E-state index contributed by atoms with van der Waals surface area (Å²) in [5, 5.41) is 0. The third-order valence-electron chi connectivity index (χ3n) is 5.53. The fourth-order valence-corrected chi connectivity index (χ4v) is 4.06. The van der Waals surface area contributed by atoms with Gasteiger partial charge < -0.3 is 9.97 Å². The van der Waals surface area contributed by atoms with Gasteiger partial charge in [0.25, 0.3) is 0 Å². The molecular weight excluding hydrogens is 382 g/mol. The van der Waals surface area contributed by atoms with Crippen LogP contribution in [0.25, 0.3) is 57.6 Å². The van der Waals surface area contributed by atoms with Crippen LogP contribution < -0.4 is 4.57 Å². The Hall–Kier alpha value is -4.25. The van der Waals surface area contributed by atoms with Gasteiger partial charge in [-0.1, -0.05) is 0 Å². The third-order valence-corrected chi connectivity index (χ3v) is 5.53. The second-order valence-electron chi connectivity index (χ2n) is 7.75. The molecule has 5 heteroatoms. The van der Waals surface area contributed by atoms with E-state index < -0.39 is 0 Å². The molecule has 0 aromatic carbocycles. The molecule has 2 aliphatic rings. The average Bonchev–Trinajstić information content (AvgIpc) is 3.55. The van der Waals surface area contributed by atoms with Crippen LogP contribution in [0.5, 0.6) is 0 Å². The van der Waals surface area contributed by atoms with Crippen molar-refractivity contribution in [2.24, 2.45) is 7.05 Å². The normalized spacial score (nSPS) is 12.4. The fraction of sp³-hybridized carbons (Fsp3) is 0.0385. The molecule has 0 aliphatic carbocycles. The summed E-state index contributed by atoms with van der Waals surface area (Å²) in [7, 11) is 2.06. The maximum atomic E-state index is 4.94. The van der Waals surface area contributed by atoms with Gasteiger partial charge in [0.2, 0.25) is 5.69 Å². The number of rotatable bonds is 1. The zero-order chi connectivity index (χ0) is 20.8. The number of H-pyrrole nitrogens is 2. The highest BCUT2D eigenvalue weighted by atomic mass is 14.9. The Morgan fingerprint density at radius 1 is 0.677 bits per heavy atom. The smallest absolute Gasteiger partial charge is 0.216 e. The quantitative estimate of drug-likeness (QED) is 0.374. The molecule has 0 amide bonds. The summed E-state index contributed by atoms with van der Waals surface area (Å²) < 4.78 is 2.12. The average molecular weight is 402 g/mol. The predicted molar refractivity (Wildman–Crippen MR) is 125 cm³/mol. The first-order valence-corrected chi connectivity index (χ1v) is 10.2. The van der Waals surface area contributed by atoms with Crippen LogP contribution in [0.1, 0.15) is 22.8 Å². The number of aryl methyl sites for hydroxylation is 1. The van der Waals surface area contributed by atoms with E-state index in [1.807, 2.05) is 24.3 Å². The number of hydrogen-bond donors (Lipinski definition) is 2. The maximum Gasteiger partial charge on any atom is 0.216 e. The van der Waals surface area contributed by atoms with Crippen molar-refractivity contribution in [2.75, 3.05) is 0 Å². The van der Waals surface area contributed by atoms with Gasteiger partial charge in [0, 0.05) is 28.7 Å². The molecule has 0 spiro atoms. The highest BCUT2D eigenvalue weighted by molar-refractivity contribution is 5.89. The molecule has 6 heterocycles. The lowest BCUT2D eigenvalue weighted by molar-refractivity contribution is -0.660. The van der Waals surface area contributed by atoms with E-state index in [0.717, 1.165) is 56.1 Å². The van der Waals surface area contributed by atoms with E-state index in [-0.39, 0.29) is 0 Å². The van der Waals surface area contributed by atoms with Crippen LogP contribution in [0.4, 0.5) is 0 Å². The summed E-state index contributed by atoms with van der Waals surface area (Å²) in [6, 6.07) is 20.7. The van der Waals surface area contributed by atoms with Crippen LogP contribution in [0, 0.1) is 0 Å². The van der Waals surface area contributed by atoms with E-state index >= 15 is 0 Å². The Morgan fingerprint density at radius 2 is 1.32 bits per heavy atom. The van der Waals surface area contributed by atoms with Gasteiger partial charge in [-0.05, 0) is 72.8 Å². The van der Waals surface area contributed by atoms with Crippen LogP contribution in [0.15, 0.2) is 66.9 Å². The summed E-state index contributed by atoms with van der Waals surface area (Å²) >= 11 is 0. The monoisotopic (exact) mass is 402 g/mol. The molecule has 0 saturated carbocycles. The molecule has 5 nitrogen and oxygen atoms in total. The zero-order valence-electron chi connectivity index (χ0n) is 17.0. The molecule has 4 aromatic rings. The van der Waals surface area contributed by atoms with Crippen molar-refractivity contribution < 1.29 is 4.57 Å². The minimum atomic E-state index is 0.915. The van der Waals surface area contributed by atoms with Crippen molar-refractivity contribution in [1.29, 1.82) is 0 Å². The van der Waals surface area contributed by atoms with Gasteiger partial charge in [0.15, 0.2) is 6.20 Å². The second kappa shape index (κ2) is 6.92. The second-order valence-corrected chi connectivity index (χ2v) is 7.75. The van der Waals surface area contributed by atoms with E-state index in [0.29, 0.717) is 0 Å². The summed E-state index contributed by atoms with van der Waals surface area (Å²) in [5.41, 5.74) is 9.89. The van der Waals surface area contributed by atoms with Gasteiger partial charge in [-0.2, -0.15) is 0 Å². The highest BCUT2D eigenvalue weighted by Gasteiger charge is 2.17. The van der Waals surface area contributed by atoms with Crippen LogP contribution in [-0.4, -0.2) is 19.9 Å². The van der Waals surface area contributed by atoms with Crippen molar-refractivity contribution >= 4 is 46.4 Å². The first-order chi connectivity index (χ1) is 15.2. The molecule has 6 rings (SSSR count). The van der Waals surface area contributed by atoms with Crippen LogP contribution in [0.3, 0.4) is 0 Å². The molecule has 0 radical (unpaired) electrons.